The highest BCUT2D eigenvalue weighted by atomic mass is 16.2. The predicted molar refractivity (Wildman–Crippen MR) is 109 cm³/mol. The summed E-state index contributed by atoms with van der Waals surface area (Å²) in [7, 11) is 2.02. The summed E-state index contributed by atoms with van der Waals surface area (Å²) in [6.45, 7) is 6.19. The van der Waals surface area contributed by atoms with E-state index < -0.39 is 0 Å². The Bertz CT molecular complexity index is 979. The van der Waals surface area contributed by atoms with E-state index in [0.29, 0.717) is 5.82 Å². The summed E-state index contributed by atoms with van der Waals surface area (Å²) in [4.78, 5) is 23.6. The minimum atomic E-state index is -0.124. The van der Waals surface area contributed by atoms with Crippen LogP contribution in [0.3, 0.4) is 0 Å². The molecule has 0 radical (unpaired) electrons. The van der Waals surface area contributed by atoms with E-state index in [4.69, 9.17) is 0 Å². The molecule has 27 heavy (non-hydrogen) atoms. The molecule has 1 aliphatic heterocycles. The van der Waals surface area contributed by atoms with E-state index in [0.717, 1.165) is 29.9 Å². The highest BCUT2D eigenvalue weighted by Crippen LogP contribution is 2.30. The van der Waals surface area contributed by atoms with Crippen LogP contribution in [0, 0.1) is 0 Å². The summed E-state index contributed by atoms with van der Waals surface area (Å²) in [5, 5.41) is 5.21. The lowest BCUT2D eigenvalue weighted by Crippen LogP contribution is -2.41. The van der Waals surface area contributed by atoms with E-state index in [1.165, 1.54) is 18.5 Å². The number of carbonyl (C=O) groups excluding carboxylic acids is 1. The van der Waals surface area contributed by atoms with Gasteiger partial charge in [0.25, 0.3) is 0 Å². The number of pyridine rings is 1. The van der Waals surface area contributed by atoms with Crippen LogP contribution in [0.2, 0.25) is 0 Å². The highest BCUT2D eigenvalue weighted by Gasteiger charge is 2.28. The molecule has 6 heteroatoms. The molecule has 0 spiro atoms. The fraction of sp³-hybridized carbons (Fsp3) is 0.476. The van der Waals surface area contributed by atoms with Crippen molar-refractivity contribution >= 4 is 23.9 Å². The number of hydrogen-bond donors (Lipinski definition) is 1. The lowest BCUT2D eigenvalue weighted by molar-refractivity contribution is -0.120. The largest absolute Gasteiger partial charge is 0.337 e. The summed E-state index contributed by atoms with van der Waals surface area (Å²) in [6, 6.07) is 1.86. The van der Waals surface area contributed by atoms with Gasteiger partial charge in [-0.2, -0.15) is 0 Å². The molecule has 0 saturated carbocycles. The Hall–Kier alpha value is -2.47. The third-order valence-electron chi connectivity index (χ3n) is 5.91. The van der Waals surface area contributed by atoms with Crippen LogP contribution >= 0.6 is 0 Å². The average Bonchev–Trinajstić information content (AvgIpc) is 3.32. The maximum atomic E-state index is 12.6. The van der Waals surface area contributed by atoms with Crippen molar-refractivity contribution in [2.45, 2.75) is 44.6 Å². The second-order valence-electron chi connectivity index (χ2n) is 7.97. The topological polar surface area (TPSA) is 63.1 Å². The van der Waals surface area contributed by atoms with Gasteiger partial charge in [0.15, 0.2) is 0 Å². The van der Waals surface area contributed by atoms with E-state index in [1.54, 1.807) is 0 Å². The minimum Gasteiger partial charge on any atom is -0.337 e. The number of likely N-dealkylation sites (tertiary alicyclic amines) is 1. The van der Waals surface area contributed by atoms with Gasteiger partial charge in [-0.15, -0.1) is 0 Å². The first-order valence-corrected chi connectivity index (χ1v) is 9.67. The number of rotatable bonds is 4. The van der Waals surface area contributed by atoms with E-state index in [2.05, 4.69) is 43.8 Å². The molecular weight excluding hydrogens is 338 g/mol. The van der Waals surface area contributed by atoms with Gasteiger partial charge in [-0.3, -0.25) is 9.69 Å². The molecule has 2 aliphatic rings. The van der Waals surface area contributed by atoms with Crippen molar-refractivity contribution in [3.05, 3.63) is 40.9 Å². The van der Waals surface area contributed by atoms with Crippen molar-refractivity contribution in [3.63, 3.8) is 0 Å². The van der Waals surface area contributed by atoms with Crippen LogP contribution in [0.25, 0.3) is 12.2 Å². The molecule has 144 valence electrons. The second kappa shape index (κ2) is 6.93. The smallest absolute Gasteiger partial charge is 0.242 e. The molecular formula is C21H29N5O. The summed E-state index contributed by atoms with van der Waals surface area (Å²) in [5.41, 5.74) is 1.05. The Balaban J connectivity index is 0.00000225. The molecule has 1 fully saturated rings. The number of fused-ring (bicyclic) bond motifs is 1. The Morgan fingerprint density at radius 3 is 2.78 bits per heavy atom. The van der Waals surface area contributed by atoms with Crippen molar-refractivity contribution < 1.29 is 6.22 Å². The summed E-state index contributed by atoms with van der Waals surface area (Å²) >= 11 is 0. The van der Waals surface area contributed by atoms with Crippen LogP contribution in [-0.4, -0.2) is 44.5 Å². The number of aryl methyl sites for hydroxylation is 1. The number of anilines is 1. The van der Waals surface area contributed by atoms with Gasteiger partial charge >= 0.3 is 0 Å². The van der Waals surface area contributed by atoms with Crippen molar-refractivity contribution in [2.75, 3.05) is 18.4 Å². The van der Waals surface area contributed by atoms with Gasteiger partial charge in [0.1, 0.15) is 5.82 Å². The number of nitrogens with one attached hydrogen (secondary N) is 1. The zero-order valence-electron chi connectivity index (χ0n) is 16.3. The van der Waals surface area contributed by atoms with Crippen LogP contribution in [0.1, 0.15) is 40.2 Å². The normalized spacial score (nSPS) is 23.2. The monoisotopic (exact) mass is 367 g/mol. The minimum absolute atomic E-state index is 0. The maximum absolute atomic E-state index is 12.6. The standard InChI is InChI=1S/C21H27N5O.H2/c1-15(26-8-4-5-9-26)20(27)24-19-10-17-11-21(2,7-6-16(17)12-23-19)18-13-22-14-25(18)3;/h6,10-15H,4-5,7-9H2,1-3H3,(H,24,27);1H. The maximum Gasteiger partial charge on any atom is 0.242 e. The molecule has 1 N–H and O–H groups in total. The quantitative estimate of drug-likeness (QED) is 0.887. The SMILES string of the molecule is CC(C(=O)Nc1cc2c(cn1)=CCC(C)(c1cncn1C)C=2)N1CCCC1.[HH]. The molecule has 3 heterocycles. The van der Waals surface area contributed by atoms with Crippen LogP contribution in [0.4, 0.5) is 5.82 Å². The van der Waals surface area contributed by atoms with Gasteiger partial charge < -0.3 is 9.88 Å². The van der Waals surface area contributed by atoms with Crippen LogP contribution < -0.4 is 15.8 Å². The van der Waals surface area contributed by atoms with Crippen molar-refractivity contribution in [1.29, 1.82) is 0 Å². The van der Waals surface area contributed by atoms with E-state index in [9.17, 15) is 4.79 Å². The Morgan fingerprint density at radius 2 is 2.07 bits per heavy atom. The molecule has 1 saturated heterocycles. The number of hydrogen-bond acceptors (Lipinski definition) is 4. The van der Waals surface area contributed by atoms with Gasteiger partial charge in [0.2, 0.25) is 5.91 Å². The lowest BCUT2D eigenvalue weighted by Gasteiger charge is -2.27. The molecule has 6 nitrogen and oxygen atoms in total. The van der Waals surface area contributed by atoms with Crippen molar-refractivity contribution in [2.24, 2.45) is 7.05 Å². The van der Waals surface area contributed by atoms with Gasteiger partial charge in [-0.1, -0.05) is 19.1 Å². The number of imidazole rings is 1. The lowest BCUT2D eigenvalue weighted by atomic mass is 9.80. The third kappa shape index (κ3) is 3.41. The molecule has 4 rings (SSSR count). The molecule has 2 unspecified atom stereocenters. The van der Waals surface area contributed by atoms with Gasteiger partial charge in [-0.25, -0.2) is 9.97 Å². The van der Waals surface area contributed by atoms with Crippen molar-refractivity contribution in [3.8, 4) is 0 Å². The summed E-state index contributed by atoms with van der Waals surface area (Å²) in [6.07, 6.45) is 13.3. The number of aromatic nitrogens is 3. The Morgan fingerprint density at radius 1 is 1.30 bits per heavy atom. The Labute approximate surface area is 161 Å². The summed E-state index contributed by atoms with van der Waals surface area (Å²) < 4.78 is 2.07. The van der Waals surface area contributed by atoms with Crippen LogP contribution in [0.5, 0.6) is 0 Å². The van der Waals surface area contributed by atoms with Crippen LogP contribution in [-0.2, 0) is 17.3 Å². The Kier molecular flexibility index (Phi) is 4.60. The number of amides is 1. The fourth-order valence-corrected chi connectivity index (χ4v) is 4.18. The molecule has 2 atom stereocenters. The molecule has 1 aliphatic carbocycles. The first-order valence-electron chi connectivity index (χ1n) is 9.67. The highest BCUT2D eigenvalue weighted by molar-refractivity contribution is 5.93. The molecule has 0 aromatic carbocycles. The molecule has 2 aromatic rings. The summed E-state index contributed by atoms with van der Waals surface area (Å²) in [5.74, 6) is 0.627. The zero-order chi connectivity index (χ0) is 19.0. The third-order valence-corrected chi connectivity index (χ3v) is 5.91. The van der Waals surface area contributed by atoms with Gasteiger partial charge in [0, 0.05) is 32.0 Å². The van der Waals surface area contributed by atoms with E-state index in [-0.39, 0.29) is 18.8 Å². The second-order valence-corrected chi connectivity index (χ2v) is 7.97. The van der Waals surface area contributed by atoms with Gasteiger partial charge in [0.05, 0.1) is 12.4 Å². The first-order chi connectivity index (χ1) is 13.0. The first kappa shape index (κ1) is 17.9. The fourth-order valence-electron chi connectivity index (χ4n) is 4.18. The molecule has 1 amide bonds. The number of nitrogens with zero attached hydrogens (tertiary/aromatic N) is 4. The van der Waals surface area contributed by atoms with E-state index >= 15 is 0 Å². The molecule has 2 aromatic heterocycles. The average molecular weight is 367 g/mol. The van der Waals surface area contributed by atoms with Crippen molar-refractivity contribution in [1.82, 2.24) is 19.4 Å². The number of carbonyl (C=O) groups is 1. The van der Waals surface area contributed by atoms with Crippen LogP contribution in [0.15, 0.2) is 24.8 Å². The zero-order valence-corrected chi connectivity index (χ0v) is 16.3. The predicted octanol–water partition coefficient (Wildman–Crippen LogP) is 1.41. The van der Waals surface area contributed by atoms with E-state index in [1.807, 2.05) is 38.8 Å². The molecule has 0 bridgehead atoms. The van der Waals surface area contributed by atoms with Gasteiger partial charge in [-0.05, 0) is 55.8 Å².